The summed E-state index contributed by atoms with van der Waals surface area (Å²) in [5.41, 5.74) is 9.73. The fourth-order valence-electron chi connectivity index (χ4n) is 2.92. The standard InChI is InChI=1S/C17H18N6O/c1-2-11(24)9-23-16-12-4-3-10(14-5-6-19-22-14)7-15(12)21-17(18)13(16)8-20-23/h3-8,11,24H,2,9H2,1H3,(H2,18,21)(H,19,22)/t11-/m1/s1. The quantitative estimate of drug-likeness (QED) is 0.535. The molecule has 0 amide bonds. The van der Waals surface area contributed by atoms with Crippen LogP contribution in [0.4, 0.5) is 5.82 Å². The molecule has 1 aromatic carbocycles. The highest BCUT2D eigenvalue weighted by molar-refractivity contribution is 6.08. The van der Waals surface area contributed by atoms with Crippen LogP contribution in [0, 0.1) is 0 Å². The Hall–Kier alpha value is -2.93. The Morgan fingerprint density at radius 3 is 2.92 bits per heavy atom. The number of benzene rings is 1. The van der Waals surface area contributed by atoms with Crippen LogP contribution < -0.4 is 5.73 Å². The van der Waals surface area contributed by atoms with Crippen LogP contribution in [0.15, 0.2) is 36.7 Å². The molecule has 0 fully saturated rings. The Kier molecular flexibility index (Phi) is 3.42. The number of nitrogen functional groups attached to an aromatic ring is 1. The van der Waals surface area contributed by atoms with Crippen molar-refractivity contribution in [2.75, 3.05) is 5.73 Å². The number of H-pyrrole nitrogens is 1. The van der Waals surface area contributed by atoms with E-state index in [1.165, 1.54) is 0 Å². The van der Waals surface area contributed by atoms with Crippen LogP contribution >= 0.6 is 0 Å². The number of aromatic amines is 1. The number of hydrogen-bond acceptors (Lipinski definition) is 5. The number of nitrogens with zero attached hydrogens (tertiary/aromatic N) is 4. The van der Waals surface area contributed by atoms with Crippen molar-refractivity contribution in [3.05, 3.63) is 36.7 Å². The third-order valence-electron chi connectivity index (χ3n) is 4.28. The fourth-order valence-corrected chi connectivity index (χ4v) is 2.92. The number of pyridine rings is 1. The van der Waals surface area contributed by atoms with Crippen LogP contribution in [0.1, 0.15) is 13.3 Å². The lowest BCUT2D eigenvalue weighted by molar-refractivity contribution is 0.147. The first-order valence-corrected chi connectivity index (χ1v) is 7.90. The predicted octanol–water partition coefficient (Wildman–Crippen LogP) is 2.33. The van der Waals surface area contributed by atoms with Crippen LogP contribution in [0.2, 0.25) is 0 Å². The Bertz CT molecular complexity index is 1000. The van der Waals surface area contributed by atoms with Gasteiger partial charge in [-0.1, -0.05) is 13.0 Å². The minimum Gasteiger partial charge on any atom is -0.391 e. The lowest BCUT2D eigenvalue weighted by atomic mass is 10.1. The maximum Gasteiger partial charge on any atom is 0.135 e. The highest BCUT2D eigenvalue weighted by Gasteiger charge is 2.14. The van der Waals surface area contributed by atoms with Crippen molar-refractivity contribution in [2.45, 2.75) is 26.0 Å². The predicted molar refractivity (Wildman–Crippen MR) is 93.3 cm³/mol. The first-order valence-electron chi connectivity index (χ1n) is 7.90. The van der Waals surface area contributed by atoms with Crippen molar-refractivity contribution in [2.24, 2.45) is 0 Å². The molecule has 4 aromatic rings. The van der Waals surface area contributed by atoms with Gasteiger partial charge in [0, 0.05) is 17.1 Å². The van der Waals surface area contributed by atoms with Gasteiger partial charge in [0.05, 0.1) is 41.0 Å². The van der Waals surface area contributed by atoms with Crippen molar-refractivity contribution in [1.29, 1.82) is 0 Å². The van der Waals surface area contributed by atoms with E-state index in [-0.39, 0.29) is 0 Å². The van der Waals surface area contributed by atoms with Crippen LogP contribution in [-0.4, -0.2) is 36.2 Å². The Labute approximate surface area is 138 Å². The summed E-state index contributed by atoms with van der Waals surface area (Å²) in [5.74, 6) is 0.441. The number of aliphatic hydroxyl groups is 1. The summed E-state index contributed by atoms with van der Waals surface area (Å²) in [5, 5.41) is 23.1. The molecule has 7 heteroatoms. The average Bonchev–Trinajstić information content (AvgIpc) is 3.24. The molecule has 24 heavy (non-hydrogen) atoms. The van der Waals surface area contributed by atoms with E-state index in [1.54, 1.807) is 17.1 Å². The van der Waals surface area contributed by atoms with Gasteiger partial charge in [-0.2, -0.15) is 10.2 Å². The van der Waals surface area contributed by atoms with Crippen LogP contribution in [0.5, 0.6) is 0 Å². The molecule has 7 nitrogen and oxygen atoms in total. The molecule has 0 saturated carbocycles. The maximum absolute atomic E-state index is 9.98. The van der Waals surface area contributed by atoms with Crippen molar-refractivity contribution < 1.29 is 5.11 Å². The van der Waals surface area contributed by atoms with Gasteiger partial charge in [0.25, 0.3) is 0 Å². The molecule has 0 radical (unpaired) electrons. The summed E-state index contributed by atoms with van der Waals surface area (Å²) < 4.78 is 1.81. The number of aliphatic hydroxyl groups excluding tert-OH is 1. The minimum absolute atomic E-state index is 0.431. The lowest BCUT2D eigenvalue weighted by Crippen LogP contribution is -2.15. The van der Waals surface area contributed by atoms with Gasteiger partial charge in [-0.25, -0.2) is 4.98 Å². The molecule has 0 aliphatic carbocycles. The van der Waals surface area contributed by atoms with E-state index in [1.807, 2.05) is 31.2 Å². The second kappa shape index (κ2) is 5.61. The van der Waals surface area contributed by atoms with Crippen LogP contribution in [0.25, 0.3) is 33.1 Å². The number of nitrogens with one attached hydrogen (secondary N) is 1. The van der Waals surface area contributed by atoms with Gasteiger partial charge in [-0.3, -0.25) is 9.78 Å². The van der Waals surface area contributed by atoms with E-state index < -0.39 is 6.10 Å². The average molecular weight is 322 g/mol. The summed E-state index contributed by atoms with van der Waals surface area (Å²) in [6, 6.07) is 7.91. The smallest absolute Gasteiger partial charge is 0.135 e. The Morgan fingerprint density at radius 2 is 2.17 bits per heavy atom. The molecule has 0 aliphatic rings. The number of anilines is 1. The van der Waals surface area contributed by atoms with Crippen LogP contribution in [0.3, 0.4) is 0 Å². The molecular formula is C17H18N6O. The largest absolute Gasteiger partial charge is 0.391 e. The van der Waals surface area contributed by atoms with E-state index >= 15 is 0 Å². The third kappa shape index (κ3) is 2.30. The number of hydrogen-bond donors (Lipinski definition) is 3. The van der Waals surface area contributed by atoms with Gasteiger partial charge in [0.15, 0.2) is 0 Å². The second-order valence-corrected chi connectivity index (χ2v) is 5.85. The topological polar surface area (TPSA) is 106 Å². The molecule has 1 atom stereocenters. The Morgan fingerprint density at radius 1 is 1.29 bits per heavy atom. The van der Waals surface area contributed by atoms with E-state index in [0.717, 1.165) is 33.1 Å². The molecule has 3 aromatic heterocycles. The number of fused-ring (bicyclic) bond motifs is 3. The van der Waals surface area contributed by atoms with Gasteiger partial charge in [0.1, 0.15) is 5.82 Å². The van der Waals surface area contributed by atoms with Crippen LogP contribution in [-0.2, 0) is 6.54 Å². The van der Waals surface area contributed by atoms with Crippen molar-refractivity contribution in [3.63, 3.8) is 0 Å². The van der Waals surface area contributed by atoms with Crippen molar-refractivity contribution >= 4 is 27.6 Å². The second-order valence-electron chi connectivity index (χ2n) is 5.85. The Balaban J connectivity index is 1.94. The summed E-state index contributed by atoms with van der Waals surface area (Å²) in [7, 11) is 0. The van der Waals surface area contributed by atoms with E-state index in [2.05, 4.69) is 20.3 Å². The molecule has 122 valence electrons. The summed E-state index contributed by atoms with van der Waals surface area (Å²) in [6.45, 7) is 2.38. The van der Waals surface area contributed by atoms with Gasteiger partial charge in [-0.15, -0.1) is 0 Å². The van der Waals surface area contributed by atoms with Gasteiger partial charge < -0.3 is 10.8 Å². The first-order chi connectivity index (χ1) is 11.7. The zero-order valence-electron chi connectivity index (χ0n) is 13.3. The van der Waals surface area contributed by atoms with Gasteiger partial charge in [0.2, 0.25) is 0 Å². The van der Waals surface area contributed by atoms with Gasteiger partial charge in [-0.05, 0) is 24.6 Å². The molecule has 0 bridgehead atoms. The van der Waals surface area contributed by atoms with Crippen molar-refractivity contribution in [1.82, 2.24) is 25.0 Å². The van der Waals surface area contributed by atoms with Crippen molar-refractivity contribution in [3.8, 4) is 11.3 Å². The zero-order chi connectivity index (χ0) is 16.7. The number of aromatic nitrogens is 5. The normalized spacial score (nSPS) is 12.9. The van der Waals surface area contributed by atoms with E-state index in [9.17, 15) is 5.11 Å². The van der Waals surface area contributed by atoms with E-state index in [4.69, 9.17) is 5.73 Å². The molecule has 3 heterocycles. The molecule has 0 aliphatic heterocycles. The highest BCUT2D eigenvalue weighted by atomic mass is 16.3. The SMILES string of the molecule is CC[C@@H](O)Cn1ncc2c(N)nc3cc(-c4ccn[nH]4)ccc3c21. The molecule has 0 unspecified atom stereocenters. The molecule has 0 spiro atoms. The third-order valence-corrected chi connectivity index (χ3v) is 4.28. The summed E-state index contributed by atoms with van der Waals surface area (Å²) in [6.07, 6.45) is 3.65. The zero-order valence-corrected chi connectivity index (χ0v) is 13.3. The fraction of sp³-hybridized carbons (Fsp3) is 0.235. The minimum atomic E-state index is -0.443. The summed E-state index contributed by atoms with van der Waals surface area (Å²) in [4.78, 5) is 4.51. The number of nitrogens with two attached hydrogens (primary N) is 1. The monoisotopic (exact) mass is 322 g/mol. The first kappa shape index (κ1) is 14.6. The maximum atomic E-state index is 9.98. The lowest BCUT2D eigenvalue weighted by Gasteiger charge is -2.11. The van der Waals surface area contributed by atoms with E-state index in [0.29, 0.717) is 18.8 Å². The number of rotatable bonds is 4. The molecule has 4 N–H and O–H groups in total. The highest BCUT2D eigenvalue weighted by Crippen LogP contribution is 2.30. The van der Waals surface area contributed by atoms with Gasteiger partial charge >= 0.3 is 0 Å². The molecular weight excluding hydrogens is 304 g/mol. The molecule has 4 rings (SSSR count). The summed E-state index contributed by atoms with van der Waals surface area (Å²) >= 11 is 0. The molecule has 0 saturated heterocycles.